The number of hydrogen-bond acceptors (Lipinski definition) is 7. The van der Waals surface area contributed by atoms with E-state index in [2.05, 4.69) is 39.2 Å². The summed E-state index contributed by atoms with van der Waals surface area (Å²) in [6.07, 6.45) is 3.01. The van der Waals surface area contributed by atoms with Crippen LogP contribution in [0.5, 0.6) is 0 Å². The highest BCUT2D eigenvalue weighted by molar-refractivity contribution is 7.99. The molecule has 1 amide bonds. The SMILES string of the molecule is Cc1cc(NC(=O)CSc2nccc(N3C[C@@H](C)C[C@H](C)C3)n2)no1. The van der Waals surface area contributed by atoms with Gasteiger partial charge in [0, 0.05) is 25.4 Å². The van der Waals surface area contributed by atoms with Crippen LogP contribution in [0.3, 0.4) is 0 Å². The number of hydrogen-bond donors (Lipinski definition) is 1. The van der Waals surface area contributed by atoms with Crippen LogP contribution in [0.25, 0.3) is 0 Å². The molecule has 2 aromatic rings. The number of anilines is 2. The summed E-state index contributed by atoms with van der Waals surface area (Å²) in [5.74, 6) is 3.40. The molecule has 1 saturated heterocycles. The Morgan fingerprint density at radius 2 is 2.16 bits per heavy atom. The van der Waals surface area contributed by atoms with Crippen molar-refractivity contribution < 1.29 is 9.32 Å². The zero-order valence-corrected chi connectivity index (χ0v) is 15.5. The first-order chi connectivity index (χ1) is 12.0. The molecule has 7 nitrogen and oxygen atoms in total. The molecule has 1 fully saturated rings. The minimum atomic E-state index is -0.160. The minimum absolute atomic E-state index is 0.160. The van der Waals surface area contributed by atoms with Crippen molar-refractivity contribution in [3.63, 3.8) is 0 Å². The van der Waals surface area contributed by atoms with Gasteiger partial charge in [0.2, 0.25) is 5.91 Å². The largest absolute Gasteiger partial charge is 0.360 e. The van der Waals surface area contributed by atoms with Gasteiger partial charge in [-0.3, -0.25) is 4.79 Å². The molecule has 0 aliphatic carbocycles. The Kier molecular flexibility index (Phi) is 5.57. The highest BCUT2D eigenvalue weighted by atomic mass is 32.2. The third-order valence-corrected chi connectivity index (χ3v) is 4.90. The molecule has 0 radical (unpaired) electrons. The van der Waals surface area contributed by atoms with Gasteiger partial charge in [-0.2, -0.15) is 0 Å². The summed E-state index contributed by atoms with van der Waals surface area (Å²) in [6.45, 7) is 8.35. The Morgan fingerprint density at radius 3 is 2.84 bits per heavy atom. The zero-order chi connectivity index (χ0) is 17.8. The fourth-order valence-corrected chi connectivity index (χ4v) is 3.79. The Labute approximate surface area is 151 Å². The molecule has 25 heavy (non-hydrogen) atoms. The van der Waals surface area contributed by atoms with Crippen LogP contribution in [-0.2, 0) is 4.79 Å². The maximum atomic E-state index is 12.0. The van der Waals surface area contributed by atoms with Crippen molar-refractivity contribution in [2.75, 3.05) is 29.1 Å². The third-order valence-electron chi connectivity index (χ3n) is 4.04. The second-order valence-electron chi connectivity index (χ2n) is 6.71. The first-order valence-electron chi connectivity index (χ1n) is 8.43. The number of aryl methyl sites for hydroxylation is 1. The molecule has 0 unspecified atom stereocenters. The quantitative estimate of drug-likeness (QED) is 0.647. The van der Waals surface area contributed by atoms with Gasteiger partial charge < -0.3 is 14.7 Å². The number of nitrogens with one attached hydrogen (secondary N) is 1. The van der Waals surface area contributed by atoms with Crippen molar-refractivity contribution in [1.29, 1.82) is 0 Å². The van der Waals surface area contributed by atoms with Crippen molar-refractivity contribution in [2.24, 2.45) is 11.8 Å². The normalized spacial score (nSPS) is 20.5. The van der Waals surface area contributed by atoms with Crippen LogP contribution in [-0.4, -0.2) is 39.9 Å². The van der Waals surface area contributed by atoms with E-state index in [0.717, 1.165) is 18.9 Å². The van der Waals surface area contributed by atoms with Crippen LogP contribution in [0, 0.1) is 18.8 Å². The predicted octanol–water partition coefficient (Wildman–Crippen LogP) is 2.99. The molecule has 0 spiro atoms. The van der Waals surface area contributed by atoms with Crippen molar-refractivity contribution >= 4 is 29.3 Å². The van der Waals surface area contributed by atoms with Crippen molar-refractivity contribution in [1.82, 2.24) is 15.1 Å². The van der Waals surface area contributed by atoms with E-state index < -0.39 is 0 Å². The molecule has 0 saturated carbocycles. The van der Waals surface area contributed by atoms with Gasteiger partial charge in [0.05, 0.1) is 5.75 Å². The Morgan fingerprint density at radius 1 is 1.40 bits per heavy atom. The lowest BCUT2D eigenvalue weighted by molar-refractivity contribution is -0.113. The molecular formula is C17H23N5O2S. The summed E-state index contributed by atoms with van der Waals surface area (Å²) in [6, 6.07) is 3.62. The molecule has 3 rings (SSSR count). The van der Waals surface area contributed by atoms with Crippen LogP contribution < -0.4 is 10.2 Å². The van der Waals surface area contributed by atoms with Crippen LogP contribution in [0.1, 0.15) is 26.0 Å². The number of aromatic nitrogens is 3. The highest BCUT2D eigenvalue weighted by Crippen LogP contribution is 2.26. The monoisotopic (exact) mass is 361 g/mol. The summed E-state index contributed by atoms with van der Waals surface area (Å²) in [7, 11) is 0. The van der Waals surface area contributed by atoms with E-state index in [1.54, 1.807) is 19.2 Å². The number of carbonyl (C=O) groups is 1. The molecule has 0 aromatic carbocycles. The van der Waals surface area contributed by atoms with Crippen LogP contribution in [0.15, 0.2) is 28.0 Å². The number of nitrogens with zero attached hydrogens (tertiary/aromatic N) is 4. The highest BCUT2D eigenvalue weighted by Gasteiger charge is 2.23. The van der Waals surface area contributed by atoms with Gasteiger partial charge >= 0.3 is 0 Å². The smallest absolute Gasteiger partial charge is 0.236 e. The Balaban J connectivity index is 1.57. The molecular weight excluding hydrogens is 338 g/mol. The van der Waals surface area contributed by atoms with E-state index in [-0.39, 0.29) is 11.7 Å². The van der Waals surface area contributed by atoms with Crippen LogP contribution >= 0.6 is 11.8 Å². The maximum Gasteiger partial charge on any atom is 0.236 e. The van der Waals surface area contributed by atoms with Gasteiger partial charge in [0.1, 0.15) is 11.6 Å². The average Bonchev–Trinajstić information content (AvgIpc) is 2.97. The van der Waals surface area contributed by atoms with E-state index in [0.29, 0.717) is 28.6 Å². The van der Waals surface area contributed by atoms with Crippen LogP contribution in [0.2, 0.25) is 0 Å². The van der Waals surface area contributed by atoms with Crippen molar-refractivity contribution in [3.8, 4) is 0 Å². The van der Waals surface area contributed by atoms with E-state index in [1.165, 1.54) is 18.2 Å². The summed E-state index contributed by atoms with van der Waals surface area (Å²) in [5, 5.41) is 7.04. The van der Waals surface area contributed by atoms with Crippen LogP contribution in [0.4, 0.5) is 11.6 Å². The second-order valence-corrected chi connectivity index (χ2v) is 7.65. The number of amides is 1. The summed E-state index contributed by atoms with van der Waals surface area (Å²) in [4.78, 5) is 23.2. The van der Waals surface area contributed by atoms with E-state index >= 15 is 0 Å². The van der Waals surface area contributed by atoms with Gasteiger partial charge in [-0.05, 0) is 31.2 Å². The van der Waals surface area contributed by atoms with Crippen molar-refractivity contribution in [3.05, 3.63) is 24.1 Å². The Bertz CT molecular complexity index is 725. The number of rotatable bonds is 5. The minimum Gasteiger partial charge on any atom is -0.360 e. The molecule has 0 bridgehead atoms. The van der Waals surface area contributed by atoms with Gasteiger partial charge in [-0.1, -0.05) is 30.8 Å². The molecule has 8 heteroatoms. The Hall–Kier alpha value is -2.09. The zero-order valence-electron chi connectivity index (χ0n) is 14.7. The number of thioether (sulfide) groups is 1. The molecule has 1 aliphatic heterocycles. The summed E-state index contributed by atoms with van der Waals surface area (Å²) < 4.78 is 4.93. The fourth-order valence-electron chi connectivity index (χ4n) is 3.16. The number of piperidine rings is 1. The summed E-state index contributed by atoms with van der Waals surface area (Å²) >= 11 is 1.32. The number of carbonyl (C=O) groups excluding carboxylic acids is 1. The molecule has 2 aromatic heterocycles. The van der Waals surface area contributed by atoms with Gasteiger partial charge in [-0.25, -0.2) is 9.97 Å². The first-order valence-corrected chi connectivity index (χ1v) is 9.42. The molecule has 1 N–H and O–H groups in total. The van der Waals surface area contributed by atoms with Crippen molar-refractivity contribution in [2.45, 2.75) is 32.3 Å². The van der Waals surface area contributed by atoms with E-state index in [4.69, 9.17) is 4.52 Å². The standard InChI is InChI=1S/C17H23N5O2S/c1-11-6-12(2)9-22(8-11)15-4-5-18-17(20-15)25-10-16(23)19-14-7-13(3)24-21-14/h4-5,7,11-12H,6,8-10H2,1-3H3,(H,19,21,23)/t11-,12-/m0/s1. The second kappa shape index (κ2) is 7.86. The molecule has 1 aliphatic rings. The van der Waals surface area contributed by atoms with E-state index in [1.807, 2.05) is 6.07 Å². The lowest BCUT2D eigenvalue weighted by Gasteiger charge is -2.35. The summed E-state index contributed by atoms with van der Waals surface area (Å²) in [5.41, 5.74) is 0. The van der Waals surface area contributed by atoms with Gasteiger partial charge in [-0.15, -0.1) is 0 Å². The topological polar surface area (TPSA) is 84.2 Å². The lowest BCUT2D eigenvalue weighted by Crippen LogP contribution is -2.39. The molecule has 3 heterocycles. The molecule has 134 valence electrons. The van der Waals surface area contributed by atoms with Gasteiger partial charge in [0.25, 0.3) is 0 Å². The third kappa shape index (κ3) is 4.94. The predicted molar refractivity (Wildman–Crippen MR) is 97.8 cm³/mol. The van der Waals surface area contributed by atoms with E-state index in [9.17, 15) is 4.79 Å². The molecule has 2 atom stereocenters. The lowest BCUT2D eigenvalue weighted by atomic mass is 9.92. The average molecular weight is 361 g/mol. The first kappa shape index (κ1) is 17.7. The fraction of sp³-hybridized carbons (Fsp3) is 0.529. The maximum absolute atomic E-state index is 12.0. The van der Waals surface area contributed by atoms with Gasteiger partial charge in [0.15, 0.2) is 11.0 Å².